The lowest BCUT2D eigenvalue weighted by molar-refractivity contribution is 0.305. The Labute approximate surface area is 117 Å². The van der Waals surface area contributed by atoms with Crippen LogP contribution in [0.4, 0.5) is 4.39 Å². The summed E-state index contributed by atoms with van der Waals surface area (Å²) in [4.78, 5) is 4.23. The summed E-state index contributed by atoms with van der Waals surface area (Å²) in [5.41, 5.74) is 1.25. The molecule has 0 spiro atoms. The van der Waals surface area contributed by atoms with Crippen molar-refractivity contribution in [3.63, 3.8) is 0 Å². The van der Waals surface area contributed by atoms with E-state index in [9.17, 15) is 4.39 Å². The zero-order chi connectivity index (χ0) is 14.5. The number of halogens is 1. The van der Waals surface area contributed by atoms with Crippen LogP contribution in [0.3, 0.4) is 0 Å². The van der Waals surface area contributed by atoms with Gasteiger partial charge in [-0.3, -0.25) is 0 Å². The minimum atomic E-state index is -0.356. The average Bonchev–Trinajstić information content (AvgIpc) is 2.72. The highest BCUT2D eigenvalue weighted by molar-refractivity contribution is 5.38. The molecule has 0 radical (unpaired) electrons. The highest BCUT2D eigenvalue weighted by Crippen LogP contribution is 2.11. The van der Waals surface area contributed by atoms with Crippen LogP contribution in [0, 0.1) is 31.5 Å². The van der Waals surface area contributed by atoms with E-state index in [1.807, 2.05) is 13.8 Å². The molecule has 0 atom stereocenters. The smallest absolute Gasteiger partial charge is 0.147 e. The van der Waals surface area contributed by atoms with Crippen molar-refractivity contribution in [2.24, 2.45) is 0 Å². The molecule has 0 fully saturated rings. The molecule has 0 bridgehead atoms. The fourth-order valence-electron chi connectivity index (χ4n) is 1.86. The van der Waals surface area contributed by atoms with Gasteiger partial charge in [-0.2, -0.15) is 5.10 Å². The number of nitrogens with zero attached hydrogens (tertiary/aromatic N) is 3. The van der Waals surface area contributed by atoms with Gasteiger partial charge in [-0.15, -0.1) is 0 Å². The molecule has 5 heteroatoms. The number of aliphatic hydroxyl groups is 1. The number of hydrogen-bond acceptors (Lipinski definition) is 3. The predicted molar refractivity (Wildman–Crippen MR) is 73.6 cm³/mol. The molecule has 4 nitrogen and oxygen atoms in total. The Morgan fingerprint density at radius 1 is 1.35 bits per heavy atom. The van der Waals surface area contributed by atoms with E-state index in [-0.39, 0.29) is 12.4 Å². The summed E-state index contributed by atoms with van der Waals surface area (Å²) in [6.45, 7) is 4.22. The molecule has 0 saturated carbocycles. The Hall–Kier alpha value is -2.19. The Balaban J connectivity index is 2.23. The topological polar surface area (TPSA) is 50.9 Å². The molecular weight excluding hydrogens is 257 g/mol. The van der Waals surface area contributed by atoms with Gasteiger partial charge in [0.1, 0.15) is 17.5 Å². The number of hydrogen-bond donors (Lipinski definition) is 1. The van der Waals surface area contributed by atoms with E-state index < -0.39 is 0 Å². The maximum atomic E-state index is 13.6. The summed E-state index contributed by atoms with van der Waals surface area (Å²) in [6, 6.07) is 4.82. The first-order valence-electron chi connectivity index (χ1n) is 6.36. The van der Waals surface area contributed by atoms with Crippen LogP contribution in [0.25, 0.3) is 0 Å². The van der Waals surface area contributed by atoms with E-state index in [1.165, 1.54) is 6.07 Å². The summed E-state index contributed by atoms with van der Waals surface area (Å²) in [5.74, 6) is 6.63. The number of aromatic nitrogens is 3. The third-order valence-corrected chi connectivity index (χ3v) is 2.79. The van der Waals surface area contributed by atoms with Crippen LogP contribution in [0.2, 0.25) is 0 Å². The first-order chi connectivity index (χ1) is 9.60. The lowest BCUT2D eigenvalue weighted by Gasteiger charge is -2.04. The van der Waals surface area contributed by atoms with Gasteiger partial charge in [-0.1, -0.05) is 17.9 Å². The molecule has 1 aromatic heterocycles. The summed E-state index contributed by atoms with van der Waals surface area (Å²) in [6.07, 6.45) is 0.338. The van der Waals surface area contributed by atoms with Gasteiger partial charge in [0.2, 0.25) is 0 Å². The van der Waals surface area contributed by atoms with E-state index in [4.69, 9.17) is 5.11 Å². The maximum Gasteiger partial charge on any atom is 0.147 e. The fourth-order valence-corrected chi connectivity index (χ4v) is 1.86. The van der Waals surface area contributed by atoms with Crippen molar-refractivity contribution >= 4 is 0 Å². The van der Waals surface area contributed by atoms with Gasteiger partial charge in [0.15, 0.2) is 0 Å². The Bertz CT molecular complexity index is 667. The van der Waals surface area contributed by atoms with E-state index in [2.05, 4.69) is 21.9 Å². The molecule has 1 N–H and O–H groups in total. The third kappa shape index (κ3) is 3.43. The zero-order valence-corrected chi connectivity index (χ0v) is 11.5. The molecule has 2 aromatic rings. The molecule has 1 heterocycles. The van der Waals surface area contributed by atoms with Crippen molar-refractivity contribution < 1.29 is 9.50 Å². The predicted octanol–water partition coefficient (Wildman–Crippen LogP) is 1.82. The molecule has 20 heavy (non-hydrogen) atoms. The number of aryl methyl sites for hydroxylation is 2. The van der Waals surface area contributed by atoms with Gasteiger partial charge in [0, 0.05) is 6.42 Å². The molecule has 0 unspecified atom stereocenters. The van der Waals surface area contributed by atoms with Crippen molar-refractivity contribution in [2.45, 2.75) is 26.8 Å². The molecule has 1 aromatic carbocycles. The van der Waals surface area contributed by atoms with E-state index in [0.29, 0.717) is 24.4 Å². The quantitative estimate of drug-likeness (QED) is 0.868. The Morgan fingerprint density at radius 3 is 2.80 bits per heavy atom. The Kier molecular flexibility index (Phi) is 4.49. The number of aliphatic hydroxyl groups excluding tert-OH is 1. The molecule has 2 rings (SSSR count). The van der Waals surface area contributed by atoms with Crippen LogP contribution >= 0.6 is 0 Å². The van der Waals surface area contributed by atoms with Crippen LogP contribution in [0.1, 0.15) is 29.2 Å². The lowest BCUT2D eigenvalue weighted by Crippen LogP contribution is -2.04. The van der Waals surface area contributed by atoms with Crippen LogP contribution in [0.5, 0.6) is 0 Å². The van der Waals surface area contributed by atoms with Crippen molar-refractivity contribution in [3.8, 4) is 11.8 Å². The SMILES string of the molecule is Cc1nc(C)n(Cc2ccc(F)c(C#CCCO)c2)n1. The summed E-state index contributed by atoms with van der Waals surface area (Å²) >= 11 is 0. The van der Waals surface area contributed by atoms with Gasteiger partial charge in [0.05, 0.1) is 18.7 Å². The highest BCUT2D eigenvalue weighted by atomic mass is 19.1. The lowest BCUT2D eigenvalue weighted by atomic mass is 10.1. The van der Waals surface area contributed by atoms with Gasteiger partial charge in [-0.25, -0.2) is 14.1 Å². The summed E-state index contributed by atoms with van der Waals surface area (Å²) < 4.78 is 15.4. The van der Waals surface area contributed by atoms with Gasteiger partial charge in [-0.05, 0) is 31.5 Å². The van der Waals surface area contributed by atoms with Crippen molar-refractivity contribution in [1.82, 2.24) is 14.8 Å². The van der Waals surface area contributed by atoms with E-state index in [0.717, 1.165) is 11.4 Å². The van der Waals surface area contributed by atoms with Gasteiger partial charge < -0.3 is 5.11 Å². The first kappa shape index (κ1) is 14.2. The Morgan fingerprint density at radius 2 is 2.15 bits per heavy atom. The molecule has 0 aliphatic rings. The second kappa shape index (κ2) is 6.31. The molecule has 0 saturated heterocycles. The van der Waals surface area contributed by atoms with Crippen LogP contribution in [-0.2, 0) is 6.54 Å². The van der Waals surface area contributed by atoms with E-state index in [1.54, 1.807) is 16.8 Å². The minimum absolute atomic E-state index is 0.0221. The van der Waals surface area contributed by atoms with Gasteiger partial charge >= 0.3 is 0 Å². The highest BCUT2D eigenvalue weighted by Gasteiger charge is 2.06. The van der Waals surface area contributed by atoms with Crippen LogP contribution in [-0.4, -0.2) is 26.5 Å². The third-order valence-electron chi connectivity index (χ3n) is 2.79. The molecule has 0 aliphatic carbocycles. The average molecular weight is 273 g/mol. The maximum absolute atomic E-state index is 13.6. The molecule has 0 aliphatic heterocycles. The molecular formula is C15H16FN3O. The van der Waals surface area contributed by atoms with Crippen molar-refractivity contribution in [1.29, 1.82) is 0 Å². The normalized spacial score (nSPS) is 10.2. The van der Waals surface area contributed by atoms with Crippen molar-refractivity contribution in [3.05, 3.63) is 46.8 Å². The van der Waals surface area contributed by atoms with Crippen molar-refractivity contribution in [2.75, 3.05) is 6.61 Å². The molecule has 104 valence electrons. The first-order valence-corrected chi connectivity index (χ1v) is 6.36. The number of rotatable bonds is 3. The monoisotopic (exact) mass is 273 g/mol. The van der Waals surface area contributed by atoms with Crippen LogP contribution in [0.15, 0.2) is 18.2 Å². The van der Waals surface area contributed by atoms with Crippen LogP contribution < -0.4 is 0 Å². The second-order valence-corrected chi connectivity index (χ2v) is 4.45. The summed E-state index contributed by atoms with van der Waals surface area (Å²) in [5, 5.41) is 13.0. The largest absolute Gasteiger partial charge is 0.395 e. The summed E-state index contributed by atoms with van der Waals surface area (Å²) in [7, 11) is 0. The van der Waals surface area contributed by atoms with E-state index >= 15 is 0 Å². The zero-order valence-electron chi connectivity index (χ0n) is 11.5. The standard InChI is InChI=1S/C15H16FN3O/c1-11-17-12(2)19(18-11)10-13-6-7-15(16)14(9-13)5-3-4-8-20/h6-7,9,20H,4,8,10H2,1-2H3. The van der Waals surface area contributed by atoms with Gasteiger partial charge in [0.25, 0.3) is 0 Å². The number of benzene rings is 1. The minimum Gasteiger partial charge on any atom is -0.395 e. The fraction of sp³-hybridized carbons (Fsp3) is 0.333. The molecule has 0 amide bonds. The second-order valence-electron chi connectivity index (χ2n) is 4.45.